The molecule has 1 aromatic carbocycles. The Bertz CT molecular complexity index is 723. The van der Waals surface area contributed by atoms with E-state index in [0.29, 0.717) is 12.3 Å². The molecular weight excluding hydrogens is 278 g/mol. The van der Waals surface area contributed by atoms with Crippen LogP contribution >= 0.6 is 0 Å². The van der Waals surface area contributed by atoms with Crippen molar-refractivity contribution in [3.63, 3.8) is 0 Å². The van der Waals surface area contributed by atoms with Crippen LogP contribution in [0.4, 0.5) is 0 Å². The van der Waals surface area contributed by atoms with Crippen LogP contribution in [-0.4, -0.2) is 23.2 Å². The van der Waals surface area contributed by atoms with Gasteiger partial charge in [0.15, 0.2) is 5.76 Å². The third-order valence-corrected chi connectivity index (χ3v) is 4.80. The lowest BCUT2D eigenvalue weighted by atomic mass is 10.0. The lowest BCUT2D eigenvalue weighted by Gasteiger charge is -2.21. The summed E-state index contributed by atoms with van der Waals surface area (Å²) in [5, 5.41) is 14.2. The lowest BCUT2D eigenvalue weighted by Crippen LogP contribution is -2.40. The molecule has 1 heterocycles. The van der Waals surface area contributed by atoms with Crippen molar-refractivity contribution < 1.29 is 14.3 Å². The highest BCUT2D eigenvalue weighted by molar-refractivity contribution is 6.00. The number of carbonyl (C=O) groups excluding carboxylic acids is 1. The Morgan fingerprint density at radius 3 is 2.50 bits per heavy atom. The minimum Gasteiger partial charge on any atom is -0.450 e. The fraction of sp³-hybridized carbons (Fsp3) is 0.500. The Kier molecular flexibility index (Phi) is 3.73. The number of aryl methyl sites for hydroxylation is 3. The summed E-state index contributed by atoms with van der Waals surface area (Å²) in [4.78, 5) is 12.4. The van der Waals surface area contributed by atoms with E-state index in [-0.39, 0.29) is 5.91 Å². The van der Waals surface area contributed by atoms with Gasteiger partial charge in [-0.25, -0.2) is 0 Å². The first-order chi connectivity index (χ1) is 10.4. The zero-order valence-corrected chi connectivity index (χ0v) is 13.5. The van der Waals surface area contributed by atoms with Gasteiger partial charge in [0.25, 0.3) is 5.91 Å². The van der Waals surface area contributed by atoms with E-state index in [4.69, 9.17) is 4.42 Å². The molecule has 118 valence electrons. The van der Waals surface area contributed by atoms with E-state index < -0.39 is 5.60 Å². The average molecular weight is 301 g/mol. The van der Waals surface area contributed by atoms with Gasteiger partial charge in [0, 0.05) is 17.5 Å². The number of hydrogen-bond donors (Lipinski definition) is 2. The van der Waals surface area contributed by atoms with Crippen molar-refractivity contribution in [2.24, 2.45) is 0 Å². The second kappa shape index (κ2) is 5.43. The van der Waals surface area contributed by atoms with Crippen molar-refractivity contribution in [1.29, 1.82) is 0 Å². The summed E-state index contributed by atoms with van der Waals surface area (Å²) in [5.74, 6) is 0.113. The second-order valence-corrected chi connectivity index (χ2v) is 6.57. The summed E-state index contributed by atoms with van der Waals surface area (Å²) in [5.41, 5.74) is 3.03. The molecule has 0 aliphatic heterocycles. The normalized spacial score (nSPS) is 17.1. The maximum Gasteiger partial charge on any atom is 0.287 e. The fourth-order valence-electron chi connectivity index (χ4n) is 3.43. The molecule has 1 aliphatic carbocycles. The largest absolute Gasteiger partial charge is 0.450 e. The van der Waals surface area contributed by atoms with E-state index >= 15 is 0 Å². The Balaban J connectivity index is 1.87. The second-order valence-electron chi connectivity index (χ2n) is 6.57. The van der Waals surface area contributed by atoms with Crippen LogP contribution in [-0.2, 0) is 0 Å². The SMILES string of the molecule is Cc1ccc(C)c2c(C)c(C(=O)NCC3(O)CCCC3)oc12. The first-order valence-corrected chi connectivity index (χ1v) is 7.91. The van der Waals surface area contributed by atoms with Crippen molar-refractivity contribution in [2.75, 3.05) is 6.54 Å². The van der Waals surface area contributed by atoms with Crippen molar-refractivity contribution in [3.05, 3.63) is 34.6 Å². The van der Waals surface area contributed by atoms with Crippen LogP contribution in [0.3, 0.4) is 0 Å². The summed E-state index contributed by atoms with van der Waals surface area (Å²) < 4.78 is 5.83. The van der Waals surface area contributed by atoms with Crippen molar-refractivity contribution in [3.8, 4) is 0 Å². The van der Waals surface area contributed by atoms with Crippen molar-refractivity contribution in [2.45, 2.75) is 52.1 Å². The standard InChI is InChI=1S/C18H23NO3/c1-11-6-7-12(2)15-14(11)13(3)16(22-15)17(20)19-10-18(21)8-4-5-9-18/h6-7,21H,4-5,8-10H2,1-3H3,(H,19,20). The van der Waals surface area contributed by atoms with Crippen molar-refractivity contribution in [1.82, 2.24) is 5.32 Å². The van der Waals surface area contributed by atoms with Crippen LogP contribution in [0.15, 0.2) is 16.5 Å². The van der Waals surface area contributed by atoms with E-state index in [2.05, 4.69) is 5.32 Å². The van der Waals surface area contributed by atoms with Gasteiger partial charge in [-0.15, -0.1) is 0 Å². The molecule has 1 saturated carbocycles. The Morgan fingerprint density at radius 1 is 1.23 bits per heavy atom. The number of hydrogen-bond acceptors (Lipinski definition) is 3. The third kappa shape index (κ3) is 2.52. The maximum absolute atomic E-state index is 12.4. The van der Waals surface area contributed by atoms with Crippen LogP contribution in [0.5, 0.6) is 0 Å². The Hall–Kier alpha value is -1.81. The van der Waals surface area contributed by atoms with Gasteiger partial charge in [-0.05, 0) is 44.7 Å². The summed E-state index contributed by atoms with van der Waals surface area (Å²) >= 11 is 0. The molecule has 0 bridgehead atoms. The van der Waals surface area contributed by atoms with Gasteiger partial charge in [0.2, 0.25) is 0 Å². The van der Waals surface area contributed by atoms with Crippen molar-refractivity contribution >= 4 is 16.9 Å². The van der Waals surface area contributed by atoms with Gasteiger partial charge >= 0.3 is 0 Å². The fourth-order valence-corrected chi connectivity index (χ4v) is 3.43. The molecule has 3 rings (SSSR count). The zero-order valence-electron chi connectivity index (χ0n) is 13.5. The average Bonchev–Trinajstić information content (AvgIpc) is 3.06. The van der Waals surface area contributed by atoms with Gasteiger partial charge in [-0.2, -0.15) is 0 Å². The summed E-state index contributed by atoms with van der Waals surface area (Å²) in [6.45, 7) is 6.21. The molecule has 0 spiro atoms. The third-order valence-electron chi connectivity index (χ3n) is 4.80. The van der Waals surface area contributed by atoms with Gasteiger partial charge in [-0.1, -0.05) is 25.0 Å². The van der Waals surface area contributed by atoms with Gasteiger partial charge < -0.3 is 14.8 Å². The number of rotatable bonds is 3. The molecule has 1 aromatic heterocycles. The van der Waals surface area contributed by atoms with Crippen LogP contribution in [0.2, 0.25) is 0 Å². The number of furan rings is 1. The molecule has 0 saturated heterocycles. The lowest BCUT2D eigenvalue weighted by molar-refractivity contribution is 0.0444. The highest BCUT2D eigenvalue weighted by atomic mass is 16.3. The predicted molar refractivity (Wildman–Crippen MR) is 86.2 cm³/mol. The molecule has 1 aliphatic rings. The molecule has 22 heavy (non-hydrogen) atoms. The Morgan fingerprint density at radius 2 is 1.86 bits per heavy atom. The van der Waals surface area contributed by atoms with Crippen LogP contribution in [0.25, 0.3) is 11.0 Å². The number of benzene rings is 1. The molecule has 0 radical (unpaired) electrons. The molecule has 2 N–H and O–H groups in total. The van der Waals surface area contributed by atoms with E-state index in [1.165, 1.54) is 0 Å². The highest BCUT2D eigenvalue weighted by Crippen LogP contribution is 2.31. The summed E-state index contributed by atoms with van der Waals surface area (Å²) in [7, 11) is 0. The van der Waals surface area contributed by atoms with Crippen LogP contribution in [0.1, 0.15) is 52.9 Å². The summed E-state index contributed by atoms with van der Waals surface area (Å²) in [6, 6.07) is 4.05. The van der Waals surface area contributed by atoms with Gasteiger partial charge in [0.1, 0.15) is 5.58 Å². The molecule has 2 aromatic rings. The molecule has 1 fully saturated rings. The summed E-state index contributed by atoms with van der Waals surface area (Å²) in [6.07, 6.45) is 3.55. The monoisotopic (exact) mass is 301 g/mol. The number of nitrogens with one attached hydrogen (secondary N) is 1. The molecule has 0 unspecified atom stereocenters. The molecule has 4 nitrogen and oxygen atoms in total. The topological polar surface area (TPSA) is 62.5 Å². The number of carbonyl (C=O) groups is 1. The molecular formula is C18H23NO3. The zero-order chi connectivity index (χ0) is 15.9. The van der Waals surface area contributed by atoms with Gasteiger partial charge in [0.05, 0.1) is 5.60 Å². The Labute approximate surface area is 130 Å². The molecule has 0 atom stereocenters. The van der Waals surface area contributed by atoms with E-state index in [1.807, 2.05) is 32.9 Å². The molecule has 4 heteroatoms. The quantitative estimate of drug-likeness (QED) is 0.913. The first-order valence-electron chi connectivity index (χ1n) is 7.91. The number of amides is 1. The predicted octanol–water partition coefficient (Wildman–Crippen LogP) is 3.39. The van der Waals surface area contributed by atoms with E-state index in [0.717, 1.165) is 53.3 Å². The number of aliphatic hydroxyl groups is 1. The first kappa shape index (κ1) is 15.1. The van der Waals surface area contributed by atoms with E-state index in [1.54, 1.807) is 0 Å². The van der Waals surface area contributed by atoms with Gasteiger partial charge in [-0.3, -0.25) is 4.79 Å². The highest BCUT2D eigenvalue weighted by Gasteiger charge is 2.32. The molecule has 1 amide bonds. The number of fused-ring (bicyclic) bond motifs is 1. The van der Waals surface area contributed by atoms with E-state index in [9.17, 15) is 9.90 Å². The van der Waals surface area contributed by atoms with Crippen LogP contribution < -0.4 is 5.32 Å². The minimum atomic E-state index is -0.749. The maximum atomic E-state index is 12.4. The van der Waals surface area contributed by atoms with Crippen LogP contribution in [0, 0.1) is 20.8 Å². The minimum absolute atomic E-state index is 0.243. The smallest absolute Gasteiger partial charge is 0.287 e.